The Hall–Kier alpha value is -1.84. The maximum absolute atomic E-state index is 10.1. The quantitative estimate of drug-likeness (QED) is 0.816. The molecule has 0 unspecified atom stereocenters. The molecule has 0 saturated heterocycles. The van der Waals surface area contributed by atoms with Crippen molar-refractivity contribution in [3.05, 3.63) is 24.0 Å². The number of benzene rings is 1. The molecule has 2 rings (SSSR count). The molecule has 1 aliphatic rings. The molecule has 1 N–H and O–H groups in total. The molecule has 0 radical (unpaired) electrons. The molecule has 0 aliphatic carbocycles. The van der Waals surface area contributed by atoms with Gasteiger partial charge in [0.1, 0.15) is 0 Å². The van der Waals surface area contributed by atoms with Gasteiger partial charge in [-0.2, -0.15) is 0 Å². The van der Waals surface area contributed by atoms with Gasteiger partial charge in [0.25, 0.3) is 0 Å². The average Bonchev–Trinajstić information content (AvgIpc) is 2.71. The van der Waals surface area contributed by atoms with Crippen molar-refractivity contribution in [1.82, 2.24) is 0 Å². The van der Waals surface area contributed by atoms with E-state index in [1.165, 1.54) is 0 Å². The summed E-state index contributed by atoms with van der Waals surface area (Å²) >= 11 is 0. The maximum Gasteiger partial charge on any atom is 0.231 e. The van der Waals surface area contributed by atoms with Crippen molar-refractivity contribution in [2.75, 3.05) is 6.79 Å². The van der Waals surface area contributed by atoms with Crippen LogP contribution in [0.5, 0.6) is 23.0 Å². The second kappa shape index (κ2) is 4.57. The Bertz CT molecular complexity index is 451. The van der Waals surface area contributed by atoms with Crippen molar-refractivity contribution in [3.63, 3.8) is 0 Å². The molecule has 4 heteroatoms. The summed E-state index contributed by atoms with van der Waals surface area (Å²) in [5.74, 6) is 2.23. The lowest BCUT2D eigenvalue weighted by Crippen LogP contribution is -1.95. The first-order valence-electron chi connectivity index (χ1n) is 5.61. The maximum atomic E-state index is 10.1. The summed E-state index contributed by atoms with van der Waals surface area (Å²) < 4.78 is 16.1. The SMILES string of the molecule is C=C(C)Oc1cc2c(c(CCC)c1O)OCO2. The van der Waals surface area contributed by atoms with Gasteiger partial charge in [-0.05, 0) is 13.3 Å². The van der Waals surface area contributed by atoms with Crippen molar-refractivity contribution in [2.45, 2.75) is 26.7 Å². The zero-order valence-electron chi connectivity index (χ0n) is 10.1. The van der Waals surface area contributed by atoms with Crippen molar-refractivity contribution >= 4 is 0 Å². The molecule has 1 aromatic carbocycles. The van der Waals surface area contributed by atoms with Crippen LogP contribution in [0.15, 0.2) is 18.4 Å². The lowest BCUT2D eigenvalue weighted by atomic mass is 10.1. The molecule has 0 saturated carbocycles. The Kier molecular flexibility index (Phi) is 3.13. The van der Waals surface area contributed by atoms with Crippen LogP contribution in [0.25, 0.3) is 0 Å². The highest BCUT2D eigenvalue weighted by atomic mass is 16.7. The van der Waals surface area contributed by atoms with E-state index in [1.54, 1.807) is 13.0 Å². The van der Waals surface area contributed by atoms with Gasteiger partial charge in [0.15, 0.2) is 23.0 Å². The zero-order valence-corrected chi connectivity index (χ0v) is 10.1. The van der Waals surface area contributed by atoms with Gasteiger partial charge in [-0.25, -0.2) is 0 Å². The van der Waals surface area contributed by atoms with E-state index in [0.29, 0.717) is 29.4 Å². The van der Waals surface area contributed by atoms with Gasteiger partial charge >= 0.3 is 0 Å². The lowest BCUT2D eigenvalue weighted by Gasteiger charge is -2.12. The number of hydrogen-bond acceptors (Lipinski definition) is 4. The van der Waals surface area contributed by atoms with Crippen LogP contribution in [0.2, 0.25) is 0 Å². The fraction of sp³-hybridized carbons (Fsp3) is 0.385. The standard InChI is InChI=1S/C13H16O4/c1-4-5-9-12(14)10(17-8(2)3)6-11-13(9)16-7-15-11/h6,14H,2,4-5,7H2,1,3H3. The van der Waals surface area contributed by atoms with Gasteiger partial charge < -0.3 is 19.3 Å². The summed E-state index contributed by atoms with van der Waals surface area (Å²) in [4.78, 5) is 0. The highest BCUT2D eigenvalue weighted by Gasteiger charge is 2.24. The first kappa shape index (κ1) is 11.6. The lowest BCUT2D eigenvalue weighted by molar-refractivity contribution is 0.173. The molecule has 0 bridgehead atoms. The molecule has 17 heavy (non-hydrogen) atoms. The van der Waals surface area contributed by atoms with Gasteiger partial charge in [0, 0.05) is 11.6 Å². The van der Waals surface area contributed by atoms with E-state index in [0.717, 1.165) is 12.0 Å². The summed E-state index contributed by atoms with van der Waals surface area (Å²) in [7, 11) is 0. The van der Waals surface area contributed by atoms with Crippen LogP contribution >= 0.6 is 0 Å². The van der Waals surface area contributed by atoms with Crippen molar-refractivity contribution < 1.29 is 19.3 Å². The Morgan fingerprint density at radius 1 is 1.53 bits per heavy atom. The second-order valence-corrected chi connectivity index (χ2v) is 3.99. The predicted octanol–water partition coefficient (Wildman–Crippen LogP) is 2.99. The minimum Gasteiger partial charge on any atom is -0.504 e. The minimum atomic E-state index is 0.110. The first-order chi connectivity index (χ1) is 8.13. The third kappa shape index (κ3) is 2.16. The van der Waals surface area contributed by atoms with Crippen LogP contribution in [-0.2, 0) is 6.42 Å². The Morgan fingerprint density at radius 2 is 2.29 bits per heavy atom. The van der Waals surface area contributed by atoms with E-state index < -0.39 is 0 Å². The smallest absolute Gasteiger partial charge is 0.231 e. The normalized spacial score (nSPS) is 12.6. The number of rotatable bonds is 4. The molecule has 1 aliphatic heterocycles. The molecule has 0 fully saturated rings. The third-order valence-electron chi connectivity index (χ3n) is 2.48. The molecule has 92 valence electrons. The molecule has 1 aromatic rings. The highest BCUT2D eigenvalue weighted by Crippen LogP contribution is 2.47. The number of phenols is 1. The number of ether oxygens (including phenoxy) is 3. The van der Waals surface area contributed by atoms with Crippen LogP contribution in [0.1, 0.15) is 25.8 Å². The van der Waals surface area contributed by atoms with E-state index in [9.17, 15) is 5.11 Å². The monoisotopic (exact) mass is 236 g/mol. The van der Waals surface area contributed by atoms with Crippen LogP contribution in [-0.4, -0.2) is 11.9 Å². The largest absolute Gasteiger partial charge is 0.504 e. The van der Waals surface area contributed by atoms with E-state index in [2.05, 4.69) is 6.58 Å². The summed E-state index contributed by atoms with van der Waals surface area (Å²) in [5, 5.41) is 10.1. The van der Waals surface area contributed by atoms with Crippen molar-refractivity contribution in [1.29, 1.82) is 0 Å². The van der Waals surface area contributed by atoms with Gasteiger partial charge in [-0.15, -0.1) is 0 Å². The van der Waals surface area contributed by atoms with E-state index >= 15 is 0 Å². The fourth-order valence-corrected chi connectivity index (χ4v) is 1.82. The molecular formula is C13H16O4. The number of phenolic OH excluding ortho intramolecular Hbond substituents is 1. The molecule has 0 spiro atoms. The number of aromatic hydroxyl groups is 1. The zero-order chi connectivity index (χ0) is 12.4. The Labute approximate surface area is 100 Å². The summed E-state index contributed by atoms with van der Waals surface area (Å²) in [6.45, 7) is 7.60. The molecule has 0 atom stereocenters. The number of allylic oxidation sites excluding steroid dienone is 1. The molecule has 1 heterocycles. The van der Waals surface area contributed by atoms with Gasteiger partial charge in [0.2, 0.25) is 6.79 Å². The minimum absolute atomic E-state index is 0.110. The summed E-state index contributed by atoms with van der Waals surface area (Å²) in [6.07, 6.45) is 1.62. The topological polar surface area (TPSA) is 47.9 Å². The summed E-state index contributed by atoms with van der Waals surface area (Å²) in [6, 6.07) is 1.63. The predicted molar refractivity (Wildman–Crippen MR) is 63.7 cm³/mol. The van der Waals surface area contributed by atoms with Gasteiger partial charge in [-0.3, -0.25) is 0 Å². The van der Waals surface area contributed by atoms with Crippen LogP contribution in [0.4, 0.5) is 0 Å². The molecule has 0 amide bonds. The van der Waals surface area contributed by atoms with E-state index in [4.69, 9.17) is 14.2 Å². The van der Waals surface area contributed by atoms with Crippen LogP contribution < -0.4 is 14.2 Å². The van der Waals surface area contributed by atoms with Crippen LogP contribution in [0, 0.1) is 0 Å². The molecule has 4 nitrogen and oxygen atoms in total. The number of fused-ring (bicyclic) bond motifs is 1. The van der Waals surface area contributed by atoms with Gasteiger partial charge in [-0.1, -0.05) is 19.9 Å². The average molecular weight is 236 g/mol. The van der Waals surface area contributed by atoms with Crippen LogP contribution in [0.3, 0.4) is 0 Å². The fourth-order valence-electron chi connectivity index (χ4n) is 1.82. The van der Waals surface area contributed by atoms with Crippen molar-refractivity contribution in [2.24, 2.45) is 0 Å². The number of hydrogen-bond donors (Lipinski definition) is 1. The third-order valence-corrected chi connectivity index (χ3v) is 2.48. The van der Waals surface area contributed by atoms with E-state index in [-0.39, 0.29) is 12.5 Å². The van der Waals surface area contributed by atoms with E-state index in [1.807, 2.05) is 6.92 Å². The van der Waals surface area contributed by atoms with Gasteiger partial charge in [0.05, 0.1) is 5.76 Å². The summed E-state index contributed by atoms with van der Waals surface area (Å²) in [5.41, 5.74) is 0.735. The Morgan fingerprint density at radius 3 is 2.94 bits per heavy atom. The highest BCUT2D eigenvalue weighted by molar-refractivity contribution is 5.61. The molecular weight excluding hydrogens is 220 g/mol. The molecule has 0 aromatic heterocycles. The first-order valence-corrected chi connectivity index (χ1v) is 5.61. The second-order valence-electron chi connectivity index (χ2n) is 3.99. The van der Waals surface area contributed by atoms with Crippen molar-refractivity contribution in [3.8, 4) is 23.0 Å². The Balaban J connectivity index is 2.48.